The van der Waals surface area contributed by atoms with Gasteiger partial charge in [-0.3, -0.25) is 9.78 Å². The van der Waals surface area contributed by atoms with Crippen LogP contribution in [0, 0.1) is 5.82 Å². The van der Waals surface area contributed by atoms with Crippen molar-refractivity contribution in [3.05, 3.63) is 39.2 Å². The van der Waals surface area contributed by atoms with Crippen molar-refractivity contribution in [2.75, 3.05) is 0 Å². The molecule has 0 amide bonds. The van der Waals surface area contributed by atoms with Gasteiger partial charge in [-0.2, -0.15) is 0 Å². The van der Waals surface area contributed by atoms with Crippen LogP contribution >= 0.6 is 11.3 Å². The number of hydrogen-bond donors (Lipinski definition) is 1. The molecule has 0 bridgehead atoms. The molecule has 2 rings (SSSR count). The molecule has 1 N–H and O–H groups in total. The predicted molar refractivity (Wildman–Crippen MR) is 48.1 cm³/mol. The minimum absolute atomic E-state index is 0.138. The van der Waals surface area contributed by atoms with Gasteiger partial charge in [-0.05, 0) is 12.1 Å². The molecule has 2 aromatic heterocycles. The molecule has 5 heteroatoms. The molecule has 3 nitrogen and oxygen atoms in total. The highest BCUT2D eigenvalue weighted by Crippen LogP contribution is 2.13. The van der Waals surface area contributed by atoms with Crippen molar-refractivity contribution in [3.8, 4) is 11.4 Å². The van der Waals surface area contributed by atoms with Gasteiger partial charge in [0.2, 0.25) is 0 Å². The van der Waals surface area contributed by atoms with E-state index in [9.17, 15) is 9.18 Å². The molecule has 2 heterocycles. The van der Waals surface area contributed by atoms with Crippen LogP contribution in [0.2, 0.25) is 0 Å². The van der Waals surface area contributed by atoms with Crippen molar-refractivity contribution in [2.45, 2.75) is 0 Å². The fourth-order valence-corrected chi connectivity index (χ4v) is 1.51. The van der Waals surface area contributed by atoms with Crippen LogP contribution in [-0.4, -0.2) is 9.97 Å². The lowest BCUT2D eigenvalue weighted by molar-refractivity contribution is 0.622. The Morgan fingerprint density at radius 1 is 1.46 bits per heavy atom. The largest absolute Gasteiger partial charge is 0.311 e. The molecule has 2 aromatic rings. The summed E-state index contributed by atoms with van der Waals surface area (Å²) in [6.07, 6.45) is 1.12. The second kappa shape index (κ2) is 3.10. The van der Waals surface area contributed by atoms with Crippen LogP contribution in [0.3, 0.4) is 0 Å². The Morgan fingerprint density at radius 3 is 2.85 bits per heavy atom. The van der Waals surface area contributed by atoms with Gasteiger partial charge in [0.05, 0.1) is 17.6 Å². The van der Waals surface area contributed by atoms with E-state index in [1.165, 1.54) is 12.1 Å². The van der Waals surface area contributed by atoms with E-state index in [1.54, 1.807) is 5.38 Å². The number of halogens is 1. The van der Waals surface area contributed by atoms with Gasteiger partial charge in [0.1, 0.15) is 5.82 Å². The molecule has 0 radical (unpaired) electrons. The number of H-pyrrole nitrogens is 1. The lowest BCUT2D eigenvalue weighted by Crippen LogP contribution is -1.93. The second-order valence-corrected chi connectivity index (χ2v) is 3.27. The lowest BCUT2D eigenvalue weighted by atomic mass is 10.3. The SMILES string of the molecule is O=c1[nH]c(-c2ccc(F)cn2)cs1. The van der Waals surface area contributed by atoms with E-state index in [0.717, 1.165) is 17.5 Å². The van der Waals surface area contributed by atoms with E-state index in [2.05, 4.69) is 9.97 Å². The zero-order valence-electron chi connectivity index (χ0n) is 6.45. The zero-order chi connectivity index (χ0) is 9.26. The molecule has 0 aliphatic carbocycles. The van der Waals surface area contributed by atoms with Gasteiger partial charge in [-0.15, -0.1) is 0 Å². The average Bonchev–Trinajstić information content (AvgIpc) is 2.53. The highest BCUT2D eigenvalue weighted by Gasteiger charge is 2.01. The Morgan fingerprint density at radius 2 is 2.31 bits per heavy atom. The monoisotopic (exact) mass is 196 g/mol. The van der Waals surface area contributed by atoms with E-state index in [1.807, 2.05) is 0 Å². The quantitative estimate of drug-likeness (QED) is 0.753. The number of hydrogen-bond acceptors (Lipinski definition) is 3. The van der Waals surface area contributed by atoms with Crippen LogP contribution in [0.4, 0.5) is 4.39 Å². The number of nitrogens with one attached hydrogen (secondary N) is 1. The summed E-state index contributed by atoms with van der Waals surface area (Å²) in [6, 6.07) is 2.83. The molecular formula is C8H5FN2OS. The molecule has 0 fully saturated rings. The fourth-order valence-electron chi connectivity index (χ4n) is 0.941. The standard InChI is InChI=1S/C8H5FN2OS/c9-5-1-2-6(10-3-5)7-4-13-8(12)11-7/h1-4H,(H,11,12). The van der Waals surface area contributed by atoms with Crippen molar-refractivity contribution < 1.29 is 4.39 Å². The average molecular weight is 196 g/mol. The Balaban J connectivity index is 2.47. The van der Waals surface area contributed by atoms with E-state index < -0.39 is 0 Å². The van der Waals surface area contributed by atoms with E-state index in [0.29, 0.717) is 11.4 Å². The number of pyridine rings is 1. The summed E-state index contributed by atoms with van der Waals surface area (Å²) in [5.74, 6) is -0.388. The molecule has 0 aromatic carbocycles. The topological polar surface area (TPSA) is 45.8 Å². The predicted octanol–water partition coefficient (Wildman–Crippen LogP) is 1.64. The van der Waals surface area contributed by atoms with Crippen molar-refractivity contribution in [2.24, 2.45) is 0 Å². The van der Waals surface area contributed by atoms with Crippen LogP contribution in [0.5, 0.6) is 0 Å². The Kier molecular flexibility index (Phi) is 1.94. The minimum atomic E-state index is -0.388. The van der Waals surface area contributed by atoms with Crippen molar-refractivity contribution >= 4 is 11.3 Å². The Bertz CT molecular complexity index is 459. The number of thiazole rings is 1. The first-order chi connectivity index (χ1) is 6.25. The van der Waals surface area contributed by atoms with E-state index in [4.69, 9.17) is 0 Å². The Labute approximate surface area is 76.9 Å². The molecular weight excluding hydrogens is 191 g/mol. The molecule has 0 saturated heterocycles. The van der Waals surface area contributed by atoms with Gasteiger partial charge >= 0.3 is 4.87 Å². The first kappa shape index (κ1) is 8.12. The molecule has 66 valence electrons. The zero-order valence-corrected chi connectivity index (χ0v) is 7.27. The minimum Gasteiger partial charge on any atom is -0.311 e. The summed E-state index contributed by atoms with van der Waals surface area (Å²) in [7, 11) is 0. The maximum absolute atomic E-state index is 12.5. The van der Waals surface area contributed by atoms with Crippen LogP contribution in [0.15, 0.2) is 28.5 Å². The van der Waals surface area contributed by atoms with Crippen molar-refractivity contribution in [1.82, 2.24) is 9.97 Å². The van der Waals surface area contributed by atoms with Crippen LogP contribution in [0.1, 0.15) is 0 Å². The van der Waals surface area contributed by atoms with Crippen molar-refractivity contribution in [3.63, 3.8) is 0 Å². The number of nitrogens with zero attached hydrogens (tertiary/aromatic N) is 1. The van der Waals surface area contributed by atoms with Gasteiger partial charge in [0.15, 0.2) is 0 Å². The first-order valence-electron chi connectivity index (χ1n) is 3.55. The molecule has 0 atom stereocenters. The number of aromatic amines is 1. The maximum Gasteiger partial charge on any atom is 0.304 e. The smallest absolute Gasteiger partial charge is 0.304 e. The maximum atomic E-state index is 12.5. The summed E-state index contributed by atoms with van der Waals surface area (Å²) in [5.41, 5.74) is 1.19. The van der Waals surface area contributed by atoms with Gasteiger partial charge in [0.25, 0.3) is 0 Å². The van der Waals surface area contributed by atoms with Crippen LogP contribution < -0.4 is 4.87 Å². The third-order valence-corrected chi connectivity index (χ3v) is 2.19. The molecule has 0 aliphatic rings. The second-order valence-electron chi connectivity index (χ2n) is 2.42. The molecule has 0 unspecified atom stereocenters. The van der Waals surface area contributed by atoms with Gasteiger partial charge in [0, 0.05) is 5.38 Å². The summed E-state index contributed by atoms with van der Waals surface area (Å²) >= 11 is 1.06. The summed E-state index contributed by atoms with van der Waals surface area (Å²) < 4.78 is 12.5. The molecule has 13 heavy (non-hydrogen) atoms. The lowest BCUT2D eigenvalue weighted by Gasteiger charge is -1.93. The molecule has 0 spiro atoms. The van der Waals surface area contributed by atoms with Gasteiger partial charge < -0.3 is 4.98 Å². The summed E-state index contributed by atoms with van der Waals surface area (Å²) in [5, 5.41) is 1.66. The van der Waals surface area contributed by atoms with E-state index in [-0.39, 0.29) is 10.7 Å². The molecule has 0 aliphatic heterocycles. The fraction of sp³-hybridized carbons (Fsp3) is 0. The van der Waals surface area contributed by atoms with E-state index >= 15 is 0 Å². The van der Waals surface area contributed by atoms with Gasteiger partial charge in [-0.25, -0.2) is 4.39 Å². The van der Waals surface area contributed by atoms with Crippen LogP contribution in [0.25, 0.3) is 11.4 Å². The number of aromatic nitrogens is 2. The van der Waals surface area contributed by atoms with Crippen LogP contribution in [-0.2, 0) is 0 Å². The highest BCUT2D eigenvalue weighted by molar-refractivity contribution is 7.07. The highest BCUT2D eigenvalue weighted by atomic mass is 32.1. The normalized spacial score (nSPS) is 10.2. The third kappa shape index (κ3) is 1.65. The summed E-state index contributed by atoms with van der Waals surface area (Å²) in [4.78, 5) is 17.1. The summed E-state index contributed by atoms with van der Waals surface area (Å²) in [6.45, 7) is 0. The van der Waals surface area contributed by atoms with Gasteiger partial charge in [-0.1, -0.05) is 11.3 Å². The Hall–Kier alpha value is -1.49. The number of rotatable bonds is 1. The first-order valence-corrected chi connectivity index (χ1v) is 4.43. The molecule has 0 saturated carbocycles. The third-order valence-electron chi connectivity index (χ3n) is 1.52. The van der Waals surface area contributed by atoms with Crippen molar-refractivity contribution in [1.29, 1.82) is 0 Å².